The van der Waals surface area contributed by atoms with Crippen LogP contribution >= 0.6 is 24.8 Å². The van der Waals surface area contributed by atoms with Gasteiger partial charge in [-0.25, -0.2) is 0 Å². The molecule has 0 saturated heterocycles. The number of aryl methyl sites for hydroxylation is 1. The molecule has 1 aromatic heterocycles. The molecule has 98 valence electrons. The molecule has 1 atom stereocenters. The molecule has 1 heterocycles. The first-order valence-electron chi connectivity index (χ1n) is 5.06. The van der Waals surface area contributed by atoms with Crippen molar-refractivity contribution in [2.75, 3.05) is 6.54 Å². The van der Waals surface area contributed by atoms with Crippen molar-refractivity contribution < 1.29 is 4.79 Å². The summed E-state index contributed by atoms with van der Waals surface area (Å²) in [7, 11) is 0. The van der Waals surface area contributed by atoms with Crippen molar-refractivity contribution in [2.45, 2.75) is 26.3 Å². The van der Waals surface area contributed by atoms with E-state index in [4.69, 9.17) is 5.73 Å². The average Bonchev–Trinajstić information content (AvgIpc) is 2.18. The molecule has 1 amide bonds. The Labute approximate surface area is 114 Å². The molecule has 0 aliphatic rings. The van der Waals surface area contributed by atoms with Gasteiger partial charge in [-0.1, -0.05) is 0 Å². The second kappa shape index (κ2) is 9.22. The van der Waals surface area contributed by atoms with Crippen molar-refractivity contribution in [3.8, 4) is 0 Å². The average molecular weight is 280 g/mol. The summed E-state index contributed by atoms with van der Waals surface area (Å²) in [5.74, 6) is -0.0943. The van der Waals surface area contributed by atoms with E-state index in [0.717, 1.165) is 12.1 Å². The molecule has 0 aliphatic heterocycles. The molecule has 0 aliphatic carbocycles. The predicted octanol–water partition coefficient (Wildman–Crippen LogP) is 1.70. The Hall–Kier alpha value is -0.840. The number of carbonyl (C=O) groups is 1. The summed E-state index contributed by atoms with van der Waals surface area (Å²) >= 11 is 0. The minimum atomic E-state index is -0.0943. The quantitative estimate of drug-likeness (QED) is 0.882. The van der Waals surface area contributed by atoms with Crippen molar-refractivity contribution >= 4 is 30.7 Å². The first kappa shape index (κ1) is 18.5. The molecule has 4 nitrogen and oxygen atoms in total. The zero-order valence-corrected chi connectivity index (χ0v) is 11.6. The summed E-state index contributed by atoms with van der Waals surface area (Å²) in [5, 5.41) is 2.79. The summed E-state index contributed by atoms with van der Waals surface area (Å²) in [4.78, 5) is 15.6. The summed E-state index contributed by atoms with van der Waals surface area (Å²) in [6.45, 7) is 4.40. The highest BCUT2D eigenvalue weighted by Gasteiger charge is 2.04. The third-order valence-corrected chi connectivity index (χ3v) is 2.06. The van der Waals surface area contributed by atoms with Crippen LogP contribution in [0.5, 0.6) is 0 Å². The topological polar surface area (TPSA) is 68.0 Å². The minimum absolute atomic E-state index is 0. The SMILES string of the molecule is Cc1ccc(C(=O)NCCC(C)N)cn1.Cl.Cl. The van der Waals surface area contributed by atoms with Gasteiger partial charge in [0.1, 0.15) is 0 Å². The number of hydrogen-bond donors (Lipinski definition) is 2. The number of aromatic nitrogens is 1. The van der Waals surface area contributed by atoms with Gasteiger partial charge in [0, 0.05) is 24.5 Å². The monoisotopic (exact) mass is 279 g/mol. The van der Waals surface area contributed by atoms with E-state index in [9.17, 15) is 4.79 Å². The van der Waals surface area contributed by atoms with Crippen LogP contribution in [0.1, 0.15) is 29.4 Å². The van der Waals surface area contributed by atoms with Crippen molar-refractivity contribution in [2.24, 2.45) is 5.73 Å². The molecule has 0 aromatic carbocycles. The summed E-state index contributed by atoms with van der Waals surface area (Å²) < 4.78 is 0. The molecule has 17 heavy (non-hydrogen) atoms. The third kappa shape index (κ3) is 7.15. The van der Waals surface area contributed by atoms with Crippen LogP contribution in [0, 0.1) is 6.92 Å². The van der Waals surface area contributed by atoms with Gasteiger partial charge in [0.25, 0.3) is 5.91 Å². The summed E-state index contributed by atoms with van der Waals surface area (Å²) in [5.41, 5.74) is 7.07. The second-order valence-electron chi connectivity index (χ2n) is 3.71. The van der Waals surface area contributed by atoms with Crippen LogP contribution in [-0.4, -0.2) is 23.5 Å². The largest absolute Gasteiger partial charge is 0.352 e. The number of hydrogen-bond acceptors (Lipinski definition) is 3. The number of nitrogens with two attached hydrogens (primary N) is 1. The lowest BCUT2D eigenvalue weighted by molar-refractivity contribution is 0.0952. The number of rotatable bonds is 4. The van der Waals surface area contributed by atoms with Crippen LogP contribution in [0.2, 0.25) is 0 Å². The minimum Gasteiger partial charge on any atom is -0.352 e. The molecule has 1 aromatic rings. The van der Waals surface area contributed by atoms with E-state index in [0.29, 0.717) is 12.1 Å². The highest BCUT2D eigenvalue weighted by atomic mass is 35.5. The number of amides is 1. The Bertz CT molecular complexity index is 328. The van der Waals surface area contributed by atoms with Crippen LogP contribution in [0.25, 0.3) is 0 Å². The molecular formula is C11H19Cl2N3O. The van der Waals surface area contributed by atoms with Crippen LogP contribution in [0.4, 0.5) is 0 Å². The molecule has 3 N–H and O–H groups in total. The van der Waals surface area contributed by atoms with E-state index in [1.165, 1.54) is 0 Å². The molecule has 0 spiro atoms. The lowest BCUT2D eigenvalue weighted by Gasteiger charge is -2.07. The Morgan fingerprint density at radius 3 is 2.59 bits per heavy atom. The maximum atomic E-state index is 11.5. The fourth-order valence-corrected chi connectivity index (χ4v) is 1.12. The van der Waals surface area contributed by atoms with E-state index >= 15 is 0 Å². The van der Waals surface area contributed by atoms with Crippen LogP contribution in [0.3, 0.4) is 0 Å². The molecule has 0 radical (unpaired) electrons. The number of pyridine rings is 1. The Morgan fingerprint density at radius 2 is 2.12 bits per heavy atom. The van der Waals surface area contributed by atoms with Gasteiger partial charge in [0.15, 0.2) is 0 Å². The van der Waals surface area contributed by atoms with E-state index in [1.54, 1.807) is 12.3 Å². The zero-order chi connectivity index (χ0) is 11.3. The fraction of sp³-hybridized carbons (Fsp3) is 0.455. The van der Waals surface area contributed by atoms with Crippen molar-refractivity contribution in [1.29, 1.82) is 0 Å². The van der Waals surface area contributed by atoms with E-state index in [1.807, 2.05) is 19.9 Å². The van der Waals surface area contributed by atoms with Gasteiger partial charge in [-0.05, 0) is 32.4 Å². The van der Waals surface area contributed by atoms with Crippen molar-refractivity contribution in [3.05, 3.63) is 29.6 Å². The second-order valence-corrected chi connectivity index (χ2v) is 3.71. The van der Waals surface area contributed by atoms with Gasteiger partial charge < -0.3 is 11.1 Å². The van der Waals surface area contributed by atoms with Gasteiger partial charge in [0.2, 0.25) is 0 Å². The Morgan fingerprint density at radius 1 is 1.47 bits per heavy atom. The highest BCUT2D eigenvalue weighted by Crippen LogP contribution is 1.98. The summed E-state index contributed by atoms with van der Waals surface area (Å²) in [6, 6.07) is 3.70. The van der Waals surface area contributed by atoms with Crippen molar-refractivity contribution in [1.82, 2.24) is 10.3 Å². The third-order valence-electron chi connectivity index (χ3n) is 2.06. The molecule has 0 fully saturated rings. The lowest BCUT2D eigenvalue weighted by Crippen LogP contribution is -2.28. The maximum absolute atomic E-state index is 11.5. The molecule has 1 unspecified atom stereocenters. The molecular weight excluding hydrogens is 261 g/mol. The number of halogens is 2. The van der Waals surface area contributed by atoms with Crippen LogP contribution < -0.4 is 11.1 Å². The molecule has 0 bridgehead atoms. The highest BCUT2D eigenvalue weighted by molar-refractivity contribution is 5.93. The van der Waals surface area contributed by atoms with E-state index in [2.05, 4.69) is 10.3 Å². The Balaban J connectivity index is 0. The molecule has 0 saturated carbocycles. The van der Waals surface area contributed by atoms with Gasteiger partial charge >= 0.3 is 0 Å². The van der Waals surface area contributed by atoms with E-state index < -0.39 is 0 Å². The number of nitrogens with zero attached hydrogens (tertiary/aromatic N) is 1. The normalized spacial score (nSPS) is 10.8. The lowest BCUT2D eigenvalue weighted by atomic mass is 10.2. The standard InChI is InChI=1S/C11H17N3O.2ClH/c1-8(12)5-6-13-11(15)10-4-3-9(2)14-7-10;;/h3-4,7-8H,5-6,12H2,1-2H3,(H,13,15);2*1H. The first-order chi connectivity index (χ1) is 7.09. The van der Waals surface area contributed by atoms with Gasteiger partial charge in [-0.3, -0.25) is 9.78 Å². The first-order valence-corrected chi connectivity index (χ1v) is 5.06. The fourth-order valence-electron chi connectivity index (χ4n) is 1.12. The van der Waals surface area contributed by atoms with E-state index in [-0.39, 0.29) is 36.8 Å². The zero-order valence-electron chi connectivity index (χ0n) is 9.97. The smallest absolute Gasteiger partial charge is 0.252 e. The van der Waals surface area contributed by atoms with Gasteiger partial charge in [0.05, 0.1) is 5.56 Å². The predicted molar refractivity (Wildman–Crippen MR) is 74.1 cm³/mol. The Kier molecular flexibility index (Phi) is 10.0. The van der Waals surface area contributed by atoms with Crippen LogP contribution in [-0.2, 0) is 0 Å². The molecule has 6 heteroatoms. The van der Waals surface area contributed by atoms with Crippen LogP contribution in [0.15, 0.2) is 18.3 Å². The number of nitrogens with one attached hydrogen (secondary N) is 1. The number of carbonyl (C=O) groups excluding carboxylic acids is 1. The maximum Gasteiger partial charge on any atom is 0.252 e. The molecule has 1 rings (SSSR count). The van der Waals surface area contributed by atoms with Gasteiger partial charge in [-0.2, -0.15) is 0 Å². The summed E-state index contributed by atoms with van der Waals surface area (Å²) in [6.07, 6.45) is 2.36. The van der Waals surface area contributed by atoms with Gasteiger partial charge in [-0.15, -0.1) is 24.8 Å². The van der Waals surface area contributed by atoms with Crippen molar-refractivity contribution in [3.63, 3.8) is 0 Å².